The highest BCUT2D eigenvalue weighted by atomic mass is 79.9. The molecule has 0 atom stereocenters. The van der Waals surface area contributed by atoms with E-state index < -0.39 is 0 Å². The second kappa shape index (κ2) is 4.24. The summed E-state index contributed by atoms with van der Waals surface area (Å²) in [7, 11) is 0. The van der Waals surface area contributed by atoms with Gasteiger partial charge in [0.1, 0.15) is 5.15 Å². The number of hydrogen-bond donors (Lipinski definition) is 0. The van der Waals surface area contributed by atoms with Crippen LogP contribution in [-0.4, -0.2) is 15.0 Å². The lowest BCUT2D eigenvalue weighted by Gasteiger charge is -2.04. The van der Waals surface area contributed by atoms with Crippen LogP contribution in [0.15, 0.2) is 29.0 Å². The summed E-state index contributed by atoms with van der Waals surface area (Å²) in [5.41, 5.74) is 1.73. The fourth-order valence-corrected chi connectivity index (χ4v) is 1.55. The Hall–Kier alpha value is -1.00. The topological polar surface area (TPSA) is 38.7 Å². The minimum Gasteiger partial charge on any atom is -0.265 e. The molecule has 0 aliphatic rings. The molecule has 5 heteroatoms. The average molecular weight is 285 g/mol. The Labute approximate surface area is 101 Å². The molecule has 0 saturated carbocycles. The average Bonchev–Trinajstić information content (AvgIpc) is 2.26. The van der Waals surface area contributed by atoms with Gasteiger partial charge in [-0.3, -0.25) is 4.98 Å². The van der Waals surface area contributed by atoms with Crippen molar-refractivity contribution in [1.29, 1.82) is 0 Å². The van der Waals surface area contributed by atoms with Gasteiger partial charge in [0.05, 0.1) is 10.2 Å². The molecule has 0 saturated heterocycles. The van der Waals surface area contributed by atoms with Crippen LogP contribution in [0.5, 0.6) is 0 Å². The lowest BCUT2D eigenvalue weighted by Crippen LogP contribution is -1.94. The smallest absolute Gasteiger partial charge is 0.161 e. The van der Waals surface area contributed by atoms with Gasteiger partial charge in [-0.15, -0.1) is 0 Å². The van der Waals surface area contributed by atoms with Crippen LogP contribution in [0, 0.1) is 6.92 Å². The quantitative estimate of drug-likeness (QED) is 0.755. The summed E-state index contributed by atoms with van der Waals surface area (Å²) in [6.45, 7) is 1.88. The summed E-state index contributed by atoms with van der Waals surface area (Å²) in [5.74, 6) is 0.614. The first-order chi connectivity index (χ1) is 7.18. The molecule has 0 spiro atoms. The summed E-state index contributed by atoms with van der Waals surface area (Å²) < 4.78 is 0.738. The molecule has 2 rings (SSSR count). The van der Waals surface area contributed by atoms with E-state index in [1.165, 1.54) is 0 Å². The first-order valence-corrected chi connectivity index (χ1v) is 5.45. The molecule has 0 radical (unpaired) electrons. The van der Waals surface area contributed by atoms with Crippen LogP contribution >= 0.6 is 27.5 Å². The van der Waals surface area contributed by atoms with E-state index in [1.807, 2.05) is 19.1 Å². The number of halogens is 2. The van der Waals surface area contributed by atoms with Crippen LogP contribution in [0.3, 0.4) is 0 Å². The first kappa shape index (κ1) is 10.5. The number of pyridine rings is 1. The van der Waals surface area contributed by atoms with Gasteiger partial charge in [-0.05, 0) is 35.0 Å². The van der Waals surface area contributed by atoms with Crippen LogP contribution in [0.4, 0.5) is 0 Å². The lowest BCUT2D eigenvalue weighted by molar-refractivity contribution is 1.09. The molecule has 0 unspecified atom stereocenters. The maximum absolute atomic E-state index is 5.96. The fourth-order valence-electron chi connectivity index (χ4n) is 1.15. The summed E-state index contributed by atoms with van der Waals surface area (Å²) >= 11 is 9.27. The van der Waals surface area contributed by atoms with Crippen molar-refractivity contribution in [2.45, 2.75) is 6.92 Å². The van der Waals surface area contributed by atoms with E-state index in [4.69, 9.17) is 11.6 Å². The molecule has 15 heavy (non-hydrogen) atoms. The van der Waals surface area contributed by atoms with Crippen molar-refractivity contribution in [3.05, 3.63) is 39.8 Å². The Bertz CT molecular complexity index is 464. The maximum atomic E-state index is 5.96. The normalized spacial score (nSPS) is 10.3. The van der Waals surface area contributed by atoms with Crippen molar-refractivity contribution >= 4 is 27.5 Å². The molecule has 3 nitrogen and oxygen atoms in total. The van der Waals surface area contributed by atoms with E-state index in [9.17, 15) is 0 Å². The Balaban J connectivity index is 2.56. The van der Waals surface area contributed by atoms with Crippen LogP contribution in [0.1, 0.15) is 5.69 Å². The Morgan fingerprint density at radius 1 is 1.20 bits per heavy atom. The van der Waals surface area contributed by atoms with Gasteiger partial charge < -0.3 is 0 Å². The van der Waals surface area contributed by atoms with E-state index in [0.717, 1.165) is 15.7 Å². The summed E-state index contributed by atoms with van der Waals surface area (Å²) in [6.07, 6.45) is 3.40. The third-order valence-corrected chi connectivity index (χ3v) is 3.37. The number of aryl methyl sites for hydroxylation is 1. The molecule has 0 N–H and O–H groups in total. The van der Waals surface area contributed by atoms with E-state index in [2.05, 4.69) is 30.9 Å². The Kier molecular flexibility index (Phi) is 2.98. The van der Waals surface area contributed by atoms with Crippen molar-refractivity contribution in [3.8, 4) is 11.4 Å². The third kappa shape index (κ3) is 2.16. The monoisotopic (exact) mass is 283 g/mol. The van der Waals surface area contributed by atoms with Gasteiger partial charge in [-0.2, -0.15) is 0 Å². The summed E-state index contributed by atoms with van der Waals surface area (Å²) in [4.78, 5) is 12.5. The van der Waals surface area contributed by atoms with Gasteiger partial charge >= 0.3 is 0 Å². The summed E-state index contributed by atoms with van der Waals surface area (Å²) in [6, 6.07) is 3.69. The number of nitrogens with zero attached hydrogens (tertiary/aromatic N) is 3. The van der Waals surface area contributed by atoms with E-state index in [1.54, 1.807) is 12.4 Å². The van der Waals surface area contributed by atoms with Crippen molar-refractivity contribution in [1.82, 2.24) is 15.0 Å². The second-order valence-electron chi connectivity index (χ2n) is 2.97. The molecule has 0 aliphatic carbocycles. The Morgan fingerprint density at radius 2 is 1.87 bits per heavy atom. The summed E-state index contributed by atoms with van der Waals surface area (Å²) in [5, 5.41) is 0.425. The van der Waals surface area contributed by atoms with E-state index in [-0.39, 0.29) is 0 Å². The molecule has 0 fully saturated rings. The number of rotatable bonds is 1. The highest BCUT2D eigenvalue weighted by Gasteiger charge is 2.08. The molecule has 76 valence electrons. The molecule has 0 amide bonds. The van der Waals surface area contributed by atoms with E-state index in [0.29, 0.717) is 11.0 Å². The molecule has 2 heterocycles. The Morgan fingerprint density at radius 3 is 2.47 bits per heavy atom. The zero-order valence-electron chi connectivity index (χ0n) is 7.91. The first-order valence-electron chi connectivity index (χ1n) is 4.28. The largest absolute Gasteiger partial charge is 0.265 e. The maximum Gasteiger partial charge on any atom is 0.161 e. The SMILES string of the molecule is Cc1nc(-c2ccncc2)nc(Cl)c1Br. The highest BCUT2D eigenvalue weighted by Crippen LogP contribution is 2.25. The number of hydrogen-bond acceptors (Lipinski definition) is 3. The highest BCUT2D eigenvalue weighted by molar-refractivity contribution is 9.10. The molecule has 0 bridgehead atoms. The number of aromatic nitrogens is 3. The second-order valence-corrected chi connectivity index (χ2v) is 4.12. The fraction of sp³-hybridized carbons (Fsp3) is 0.100. The van der Waals surface area contributed by atoms with E-state index >= 15 is 0 Å². The van der Waals surface area contributed by atoms with Gasteiger partial charge in [0.2, 0.25) is 0 Å². The molecular formula is C10H7BrClN3. The minimum atomic E-state index is 0.425. The zero-order valence-corrected chi connectivity index (χ0v) is 10.2. The third-order valence-electron chi connectivity index (χ3n) is 1.91. The van der Waals surface area contributed by atoms with Gasteiger partial charge in [0, 0.05) is 18.0 Å². The molecule has 2 aromatic heterocycles. The molecule has 0 aliphatic heterocycles. The van der Waals surface area contributed by atoms with Crippen LogP contribution < -0.4 is 0 Å². The minimum absolute atomic E-state index is 0.425. The van der Waals surface area contributed by atoms with Crippen molar-refractivity contribution < 1.29 is 0 Å². The van der Waals surface area contributed by atoms with Gasteiger partial charge in [-0.25, -0.2) is 9.97 Å². The van der Waals surface area contributed by atoms with Crippen molar-refractivity contribution in [2.24, 2.45) is 0 Å². The van der Waals surface area contributed by atoms with Crippen LogP contribution in [-0.2, 0) is 0 Å². The zero-order chi connectivity index (χ0) is 10.8. The van der Waals surface area contributed by atoms with Gasteiger partial charge in [-0.1, -0.05) is 11.6 Å². The molecule has 2 aromatic rings. The van der Waals surface area contributed by atoms with Crippen molar-refractivity contribution in [3.63, 3.8) is 0 Å². The molecular weight excluding hydrogens is 277 g/mol. The van der Waals surface area contributed by atoms with Crippen LogP contribution in [0.25, 0.3) is 11.4 Å². The van der Waals surface area contributed by atoms with Gasteiger partial charge in [0.15, 0.2) is 5.82 Å². The standard InChI is InChI=1S/C10H7BrClN3/c1-6-8(11)9(12)15-10(14-6)7-2-4-13-5-3-7/h2-5H,1H3. The van der Waals surface area contributed by atoms with Gasteiger partial charge in [0.25, 0.3) is 0 Å². The molecule has 0 aromatic carbocycles. The lowest BCUT2D eigenvalue weighted by atomic mass is 10.2. The van der Waals surface area contributed by atoms with Crippen LogP contribution in [0.2, 0.25) is 5.15 Å². The predicted octanol–water partition coefficient (Wildman–Crippen LogP) is 3.26. The van der Waals surface area contributed by atoms with Crippen molar-refractivity contribution in [2.75, 3.05) is 0 Å². The predicted molar refractivity (Wildman–Crippen MR) is 62.7 cm³/mol.